The fourth-order valence-corrected chi connectivity index (χ4v) is 3.55. The predicted molar refractivity (Wildman–Crippen MR) is 68.3 cm³/mol. The quantitative estimate of drug-likeness (QED) is 0.729. The van der Waals surface area contributed by atoms with E-state index in [0.29, 0.717) is 0 Å². The summed E-state index contributed by atoms with van der Waals surface area (Å²) in [5.74, 6) is 3.01. The van der Waals surface area contributed by atoms with Crippen molar-refractivity contribution in [2.45, 2.75) is 57.0 Å². The molecule has 2 rings (SSSR count). The number of hydrogen-bond donors (Lipinski definition) is 1. The minimum absolute atomic E-state index is 0.248. The van der Waals surface area contributed by atoms with Gasteiger partial charge in [-0.3, -0.25) is 4.90 Å². The molecule has 2 nitrogen and oxygen atoms in total. The highest BCUT2D eigenvalue weighted by atomic mass is 15.2. The standard InChI is InChI=1S/C14H24N2/c1-3-13(15-4-2)14(9-5-6-10-14)16-11-7-8-12-16/h1,13,15H,4-12H2,2H3. The van der Waals surface area contributed by atoms with Crippen LogP contribution in [0.2, 0.25) is 0 Å². The van der Waals surface area contributed by atoms with Crippen molar-refractivity contribution in [1.29, 1.82) is 0 Å². The largest absolute Gasteiger partial charge is 0.302 e. The van der Waals surface area contributed by atoms with Crippen molar-refractivity contribution >= 4 is 0 Å². The Bertz CT molecular complexity index is 254. The number of hydrogen-bond acceptors (Lipinski definition) is 2. The van der Waals surface area contributed by atoms with E-state index in [-0.39, 0.29) is 11.6 Å². The van der Waals surface area contributed by atoms with Crippen molar-refractivity contribution in [2.75, 3.05) is 19.6 Å². The molecule has 2 aliphatic rings. The van der Waals surface area contributed by atoms with Gasteiger partial charge in [0.15, 0.2) is 0 Å². The van der Waals surface area contributed by atoms with Crippen molar-refractivity contribution in [2.24, 2.45) is 0 Å². The highest BCUT2D eigenvalue weighted by molar-refractivity contribution is 5.16. The molecule has 1 atom stereocenters. The van der Waals surface area contributed by atoms with E-state index in [0.717, 1.165) is 6.54 Å². The predicted octanol–water partition coefficient (Wildman–Crippen LogP) is 2.01. The average Bonchev–Trinajstić information content (AvgIpc) is 2.95. The zero-order valence-electron chi connectivity index (χ0n) is 10.5. The minimum atomic E-state index is 0.248. The first-order chi connectivity index (χ1) is 7.83. The molecule has 0 aromatic heterocycles. The number of nitrogens with one attached hydrogen (secondary N) is 1. The summed E-state index contributed by atoms with van der Waals surface area (Å²) in [5.41, 5.74) is 0.279. The molecule has 0 aromatic rings. The van der Waals surface area contributed by atoms with Crippen LogP contribution in [0.5, 0.6) is 0 Å². The molecule has 1 saturated carbocycles. The number of rotatable bonds is 4. The summed E-state index contributed by atoms with van der Waals surface area (Å²) >= 11 is 0. The Hall–Kier alpha value is -0.520. The van der Waals surface area contributed by atoms with Crippen LogP contribution in [-0.4, -0.2) is 36.1 Å². The molecule has 1 N–H and O–H groups in total. The van der Waals surface area contributed by atoms with Gasteiger partial charge in [-0.25, -0.2) is 0 Å². The Morgan fingerprint density at radius 1 is 1.25 bits per heavy atom. The summed E-state index contributed by atoms with van der Waals surface area (Å²) in [4.78, 5) is 2.67. The molecule has 1 aliphatic heterocycles. The van der Waals surface area contributed by atoms with Gasteiger partial charge in [0, 0.05) is 5.54 Å². The Kier molecular flexibility index (Phi) is 3.89. The van der Waals surface area contributed by atoms with Crippen LogP contribution in [0, 0.1) is 12.3 Å². The molecular weight excluding hydrogens is 196 g/mol. The minimum Gasteiger partial charge on any atom is -0.302 e. The maximum atomic E-state index is 5.75. The molecule has 16 heavy (non-hydrogen) atoms. The van der Waals surface area contributed by atoms with Gasteiger partial charge in [-0.1, -0.05) is 25.7 Å². The Morgan fingerprint density at radius 3 is 2.38 bits per heavy atom. The Labute approximate surface area is 99.8 Å². The van der Waals surface area contributed by atoms with E-state index >= 15 is 0 Å². The molecule has 1 heterocycles. The van der Waals surface area contributed by atoms with E-state index in [9.17, 15) is 0 Å². The lowest BCUT2D eigenvalue weighted by molar-refractivity contribution is 0.0981. The van der Waals surface area contributed by atoms with Crippen molar-refractivity contribution in [3.8, 4) is 12.3 Å². The average molecular weight is 220 g/mol. The molecule has 1 aliphatic carbocycles. The SMILES string of the molecule is C#CC(NCC)C1(N2CCCC2)CCCC1. The zero-order chi connectivity index (χ0) is 11.4. The Balaban J connectivity index is 2.16. The third-order valence-corrected chi connectivity index (χ3v) is 4.32. The molecule has 0 aromatic carbocycles. The second-order valence-corrected chi connectivity index (χ2v) is 5.16. The second-order valence-electron chi connectivity index (χ2n) is 5.16. The van der Waals surface area contributed by atoms with E-state index in [1.165, 1.54) is 51.6 Å². The summed E-state index contributed by atoms with van der Waals surface area (Å²) < 4.78 is 0. The highest BCUT2D eigenvalue weighted by Gasteiger charge is 2.45. The van der Waals surface area contributed by atoms with Crippen LogP contribution >= 0.6 is 0 Å². The van der Waals surface area contributed by atoms with Crippen LogP contribution in [0.3, 0.4) is 0 Å². The van der Waals surface area contributed by atoms with Gasteiger partial charge in [0.05, 0.1) is 6.04 Å². The molecule has 0 spiro atoms. The second kappa shape index (κ2) is 5.21. The first kappa shape index (κ1) is 12.0. The van der Waals surface area contributed by atoms with Crippen molar-refractivity contribution < 1.29 is 0 Å². The van der Waals surface area contributed by atoms with Crippen LogP contribution in [-0.2, 0) is 0 Å². The summed E-state index contributed by atoms with van der Waals surface area (Å²) in [6.07, 6.45) is 13.7. The first-order valence-corrected chi connectivity index (χ1v) is 6.78. The third-order valence-electron chi connectivity index (χ3n) is 4.32. The lowest BCUT2D eigenvalue weighted by Crippen LogP contribution is -2.58. The summed E-state index contributed by atoms with van der Waals surface area (Å²) in [7, 11) is 0. The summed E-state index contributed by atoms with van der Waals surface area (Å²) in [5, 5.41) is 3.51. The molecule has 0 amide bonds. The number of likely N-dealkylation sites (tertiary alicyclic amines) is 1. The topological polar surface area (TPSA) is 15.3 Å². The van der Waals surface area contributed by atoms with E-state index < -0.39 is 0 Å². The number of nitrogens with zero attached hydrogens (tertiary/aromatic N) is 1. The number of terminal acetylenes is 1. The molecule has 1 saturated heterocycles. The summed E-state index contributed by atoms with van der Waals surface area (Å²) in [6.45, 7) is 5.63. The number of likely N-dealkylation sites (N-methyl/N-ethyl adjacent to an activating group) is 1. The molecule has 2 fully saturated rings. The van der Waals surface area contributed by atoms with Gasteiger partial charge in [-0.2, -0.15) is 0 Å². The highest BCUT2D eigenvalue weighted by Crippen LogP contribution is 2.39. The maximum absolute atomic E-state index is 5.75. The normalized spacial score (nSPS) is 26.8. The van der Waals surface area contributed by atoms with Gasteiger partial charge in [-0.05, 0) is 45.3 Å². The monoisotopic (exact) mass is 220 g/mol. The Morgan fingerprint density at radius 2 is 1.88 bits per heavy atom. The van der Waals surface area contributed by atoms with E-state index in [1.807, 2.05) is 0 Å². The third kappa shape index (κ3) is 1.99. The van der Waals surface area contributed by atoms with Gasteiger partial charge in [0.1, 0.15) is 0 Å². The fourth-order valence-electron chi connectivity index (χ4n) is 3.55. The van der Waals surface area contributed by atoms with E-state index in [2.05, 4.69) is 23.1 Å². The van der Waals surface area contributed by atoms with Gasteiger partial charge in [0.25, 0.3) is 0 Å². The van der Waals surface area contributed by atoms with E-state index in [1.54, 1.807) is 0 Å². The zero-order valence-corrected chi connectivity index (χ0v) is 10.5. The van der Waals surface area contributed by atoms with Crippen molar-refractivity contribution in [1.82, 2.24) is 10.2 Å². The van der Waals surface area contributed by atoms with E-state index in [4.69, 9.17) is 6.42 Å². The molecule has 0 bridgehead atoms. The van der Waals surface area contributed by atoms with Gasteiger partial charge >= 0.3 is 0 Å². The molecular formula is C14H24N2. The van der Waals surface area contributed by atoms with Crippen molar-refractivity contribution in [3.05, 3.63) is 0 Å². The molecule has 90 valence electrons. The fraction of sp³-hybridized carbons (Fsp3) is 0.857. The molecule has 2 heteroatoms. The first-order valence-electron chi connectivity index (χ1n) is 6.78. The van der Waals surface area contributed by atoms with Crippen molar-refractivity contribution in [3.63, 3.8) is 0 Å². The van der Waals surface area contributed by atoms with Crippen LogP contribution in [0.15, 0.2) is 0 Å². The molecule has 0 radical (unpaired) electrons. The summed E-state index contributed by atoms with van der Waals surface area (Å²) in [6, 6.07) is 0.248. The van der Waals surface area contributed by atoms with Gasteiger partial charge < -0.3 is 5.32 Å². The van der Waals surface area contributed by atoms with Gasteiger partial charge in [-0.15, -0.1) is 6.42 Å². The lowest BCUT2D eigenvalue weighted by atomic mass is 9.86. The van der Waals surface area contributed by atoms with Crippen LogP contribution in [0.4, 0.5) is 0 Å². The van der Waals surface area contributed by atoms with Crippen LogP contribution in [0.1, 0.15) is 45.4 Å². The maximum Gasteiger partial charge on any atom is 0.0873 e. The molecule has 1 unspecified atom stereocenters. The van der Waals surface area contributed by atoms with Crippen LogP contribution in [0.25, 0.3) is 0 Å². The lowest BCUT2D eigenvalue weighted by Gasteiger charge is -2.43. The van der Waals surface area contributed by atoms with Crippen LogP contribution < -0.4 is 5.32 Å². The van der Waals surface area contributed by atoms with Gasteiger partial charge in [0.2, 0.25) is 0 Å². The smallest absolute Gasteiger partial charge is 0.0873 e.